The van der Waals surface area contributed by atoms with Gasteiger partial charge in [0.15, 0.2) is 18.9 Å². The number of rotatable bonds is 6. The fourth-order valence-corrected chi connectivity index (χ4v) is 3.78. The Morgan fingerprint density at radius 3 is 1.74 bits per heavy atom. The number of hydrogen-bond donors (Lipinski definition) is 9. The zero-order valence-electron chi connectivity index (χ0n) is 16.6. The summed E-state index contributed by atoms with van der Waals surface area (Å²) in [6, 6.07) is 0. The Kier molecular flexibility index (Phi) is 8.21. The molecule has 14 atom stereocenters. The molecule has 9 N–H and O–H groups in total. The molecule has 0 aromatic rings. The van der Waals surface area contributed by atoms with Gasteiger partial charge in [0, 0.05) is 0 Å². The molecule has 0 amide bonds. The molecule has 0 aliphatic carbocycles. The van der Waals surface area contributed by atoms with Crippen molar-refractivity contribution in [1.29, 1.82) is 0 Å². The van der Waals surface area contributed by atoms with Crippen LogP contribution in [0, 0.1) is 0 Å². The zero-order chi connectivity index (χ0) is 23.0. The van der Waals surface area contributed by atoms with Crippen molar-refractivity contribution >= 4 is 0 Å². The third-order valence-corrected chi connectivity index (χ3v) is 5.70. The van der Waals surface area contributed by atoms with Crippen LogP contribution in [0.5, 0.6) is 0 Å². The van der Waals surface area contributed by atoms with Gasteiger partial charge in [-0.05, 0) is 6.92 Å². The minimum absolute atomic E-state index is 0.620. The summed E-state index contributed by atoms with van der Waals surface area (Å²) >= 11 is 0. The van der Waals surface area contributed by atoms with Gasteiger partial charge in [0.05, 0.1) is 19.3 Å². The monoisotopic (exact) mass is 458 g/mol. The van der Waals surface area contributed by atoms with E-state index < -0.39 is 99.2 Å². The van der Waals surface area contributed by atoms with E-state index in [1.165, 1.54) is 6.92 Å². The predicted molar refractivity (Wildman–Crippen MR) is 93.8 cm³/mol. The minimum Gasteiger partial charge on any atom is -0.394 e. The van der Waals surface area contributed by atoms with Crippen LogP contribution in [-0.2, 0) is 23.7 Å². The molecule has 182 valence electrons. The summed E-state index contributed by atoms with van der Waals surface area (Å²) in [5, 5.41) is 89.1. The van der Waals surface area contributed by atoms with Gasteiger partial charge >= 0.3 is 0 Å². The van der Waals surface area contributed by atoms with Crippen molar-refractivity contribution < 1.29 is 69.6 Å². The minimum atomic E-state index is -1.78. The number of hydrogen-bond acceptors (Lipinski definition) is 14. The van der Waals surface area contributed by atoms with Crippen LogP contribution in [-0.4, -0.2) is 145 Å². The smallest absolute Gasteiger partial charge is 0.187 e. The fraction of sp³-hybridized carbons (Fsp3) is 1.00. The lowest BCUT2D eigenvalue weighted by atomic mass is 9.97. The van der Waals surface area contributed by atoms with E-state index in [-0.39, 0.29) is 0 Å². The van der Waals surface area contributed by atoms with Gasteiger partial charge in [0.25, 0.3) is 0 Å². The van der Waals surface area contributed by atoms with Crippen molar-refractivity contribution in [3.05, 3.63) is 0 Å². The van der Waals surface area contributed by atoms with Gasteiger partial charge in [-0.25, -0.2) is 0 Å². The van der Waals surface area contributed by atoms with Gasteiger partial charge in [0.1, 0.15) is 61.0 Å². The third kappa shape index (κ3) is 4.87. The topological polar surface area (TPSA) is 228 Å². The average Bonchev–Trinajstić information content (AvgIpc) is 3.02. The Labute approximate surface area is 176 Å². The van der Waals surface area contributed by atoms with E-state index in [2.05, 4.69) is 0 Å². The maximum Gasteiger partial charge on any atom is 0.187 e. The Hall–Kier alpha value is -0.560. The predicted octanol–water partition coefficient (Wildman–Crippen LogP) is -5.91. The Balaban J connectivity index is 1.79. The molecule has 0 aromatic heterocycles. The van der Waals surface area contributed by atoms with Gasteiger partial charge in [-0.1, -0.05) is 0 Å². The van der Waals surface area contributed by atoms with E-state index in [1.807, 2.05) is 0 Å². The van der Waals surface area contributed by atoms with Crippen LogP contribution in [0.2, 0.25) is 0 Å². The van der Waals surface area contributed by atoms with Gasteiger partial charge in [-0.3, -0.25) is 0 Å². The molecule has 0 radical (unpaired) electrons. The first kappa shape index (κ1) is 25.1. The van der Waals surface area contributed by atoms with Crippen LogP contribution >= 0.6 is 0 Å². The maximum atomic E-state index is 10.5. The first-order chi connectivity index (χ1) is 14.6. The van der Waals surface area contributed by atoms with Gasteiger partial charge in [0.2, 0.25) is 0 Å². The second-order valence-corrected chi connectivity index (χ2v) is 7.83. The third-order valence-electron chi connectivity index (χ3n) is 5.70. The Morgan fingerprint density at radius 1 is 0.581 bits per heavy atom. The lowest BCUT2D eigenvalue weighted by Crippen LogP contribution is -2.64. The van der Waals surface area contributed by atoms with Crippen molar-refractivity contribution in [3.8, 4) is 0 Å². The molecule has 3 aliphatic rings. The molecular formula is C17H30O14. The standard InChI is InChI=1S/C17H30O14/c1-4-7(20)9(22)14(31-16-12(25)8(21)5(2-18)29-16)17(27-4)30-13-6(3-19)28-15(26)11(24)10(13)23/h4-26H,2-3H2,1H3/t4-,5-,6+,7-,8-,9+,10+,11+,12+,13+,14+,15-,16-,17-/m0/s1. The van der Waals surface area contributed by atoms with Crippen LogP contribution in [0.1, 0.15) is 6.92 Å². The lowest BCUT2D eigenvalue weighted by Gasteiger charge is -2.46. The molecule has 3 heterocycles. The van der Waals surface area contributed by atoms with Crippen LogP contribution in [0.4, 0.5) is 0 Å². The SMILES string of the molecule is C[C@@H]1O[C@@H](O[C@H]2[C@H](O)[C@@H](O)[C@@H](O)O[C@@H]2CO)[C@H](O[C@@H]2O[C@@H](CO)[C@H](O)[C@H]2O)[C@H](O)[C@H]1O. The molecule has 3 fully saturated rings. The highest BCUT2D eigenvalue weighted by atomic mass is 16.8. The molecule has 0 bridgehead atoms. The number of aliphatic hydroxyl groups is 9. The first-order valence-electron chi connectivity index (χ1n) is 9.86. The van der Waals surface area contributed by atoms with Crippen molar-refractivity contribution in [2.45, 2.75) is 92.9 Å². The highest BCUT2D eigenvalue weighted by Crippen LogP contribution is 2.32. The summed E-state index contributed by atoms with van der Waals surface area (Å²) in [6.45, 7) is 0.0908. The van der Waals surface area contributed by atoms with Gasteiger partial charge in [-0.15, -0.1) is 0 Å². The molecule has 14 nitrogen and oxygen atoms in total. The molecule has 0 saturated carbocycles. The second-order valence-electron chi connectivity index (χ2n) is 7.83. The van der Waals surface area contributed by atoms with E-state index in [0.29, 0.717) is 0 Å². The van der Waals surface area contributed by atoms with Crippen molar-refractivity contribution in [2.24, 2.45) is 0 Å². The molecule has 0 unspecified atom stereocenters. The highest BCUT2D eigenvalue weighted by Gasteiger charge is 2.53. The molecule has 0 aromatic carbocycles. The maximum absolute atomic E-state index is 10.5. The molecule has 3 aliphatic heterocycles. The molecule has 0 spiro atoms. The van der Waals surface area contributed by atoms with Crippen LogP contribution in [0.15, 0.2) is 0 Å². The summed E-state index contributed by atoms with van der Waals surface area (Å²) in [6.07, 6.45) is -20.9. The molecule has 3 saturated heterocycles. The van der Waals surface area contributed by atoms with Crippen molar-refractivity contribution in [1.82, 2.24) is 0 Å². The first-order valence-corrected chi connectivity index (χ1v) is 9.86. The fourth-order valence-electron chi connectivity index (χ4n) is 3.78. The molecule has 31 heavy (non-hydrogen) atoms. The highest BCUT2D eigenvalue weighted by molar-refractivity contribution is 4.95. The lowest BCUT2D eigenvalue weighted by molar-refractivity contribution is -0.369. The van der Waals surface area contributed by atoms with Crippen LogP contribution < -0.4 is 0 Å². The van der Waals surface area contributed by atoms with E-state index in [1.54, 1.807) is 0 Å². The van der Waals surface area contributed by atoms with E-state index >= 15 is 0 Å². The van der Waals surface area contributed by atoms with E-state index in [9.17, 15) is 46.0 Å². The second kappa shape index (κ2) is 10.1. The van der Waals surface area contributed by atoms with Crippen LogP contribution in [0.25, 0.3) is 0 Å². The Bertz CT molecular complexity index is 579. The summed E-state index contributed by atoms with van der Waals surface area (Å²) < 4.78 is 26.9. The quantitative estimate of drug-likeness (QED) is 0.181. The van der Waals surface area contributed by atoms with Gasteiger partial charge < -0.3 is 69.6 Å². The van der Waals surface area contributed by atoms with Crippen molar-refractivity contribution in [3.63, 3.8) is 0 Å². The largest absolute Gasteiger partial charge is 0.394 e. The average molecular weight is 458 g/mol. The van der Waals surface area contributed by atoms with E-state index in [0.717, 1.165) is 0 Å². The summed E-state index contributed by atoms with van der Waals surface area (Å²) in [5.41, 5.74) is 0. The number of aliphatic hydroxyl groups excluding tert-OH is 9. The normalized spacial score (nSPS) is 53.6. The molecular weight excluding hydrogens is 428 g/mol. The number of ether oxygens (including phenoxy) is 5. The Morgan fingerprint density at radius 2 is 1.16 bits per heavy atom. The molecule has 14 heteroatoms. The molecule has 3 rings (SSSR count). The summed E-state index contributed by atoms with van der Waals surface area (Å²) in [4.78, 5) is 0. The summed E-state index contributed by atoms with van der Waals surface area (Å²) in [7, 11) is 0. The van der Waals surface area contributed by atoms with E-state index in [4.69, 9.17) is 23.7 Å². The van der Waals surface area contributed by atoms with Gasteiger partial charge in [-0.2, -0.15) is 0 Å². The zero-order valence-corrected chi connectivity index (χ0v) is 16.6. The summed E-state index contributed by atoms with van der Waals surface area (Å²) in [5.74, 6) is 0. The van der Waals surface area contributed by atoms with Crippen LogP contribution in [0.3, 0.4) is 0 Å². The van der Waals surface area contributed by atoms with Crippen molar-refractivity contribution in [2.75, 3.05) is 13.2 Å².